The minimum atomic E-state index is -1.24. The molecule has 0 saturated heterocycles. The Kier molecular flexibility index (Phi) is 4.12. The first-order valence-corrected chi connectivity index (χ1v) is 8.52. The van der Waals surface area contributed by atoms with Crippen molar-refractivity contribution in [2.75, 3.05) is 0 Å². The summed E-state index contributed by atoms with van der Waals surface area (Å²) < 4.78 is 0. The highest BCUT2D eigenvalue weighted by molar-refractivity contribution is 6.20. The summed E-state index contributed by atoms with van der Waals surface area (Å²) in [6.07, 6.45) is 0. The molecule has 136 valence electrons. The first kappa shape index (κ1) is 17.4. The van der Waals surface area contributed by atoms with E-state index in [1.165, 1.54) is 24.3 Å². The second-order valence-corrected chi connectivity index (χ2v) is 6.43. The Morgan fingerprint density at radius 2 is 0.786 bits per heavy atom. The summed E-state index contributed by atoms with van der Waals surface area (Å²) in [4.78, 5) is 36.8. The average Bonchev–Trinajstić information content (AvgIpc) is 2.71. The highest BCUT2D eigenvalue weighted by atomic mass is 16.4. The maximum atomic E-state index is 13.3. The van der Waals surface area contributed by atoms with E-state index in [0.717, 1.165) is 0 Å². The summed E-state index contributed by atoms with van der Waals surface area (Å²) in [5.41, 5.74) is -0.394. The van der Waals surface area contributed by atoms with E-state index in [9.17, 15) is 24.6 Å². The SMILES string of the molecule is O=C(O)c1cc2ccccc2cc1C(=O)c1cc2ccccc2cc1C(=O)O. The van der Waals surface area contributed by atoms with Gasteiger partial charge in [0.25, 0.3) is 0 Å². The van der Waals surface area contributed by atoms with Crippen molar-refractivity contribution in [3.63, 3.8) is 0 Å². The summed E-state index contributed by atoms with van der Waals surface area (Å²) in [5, 5.41) is 22.0. The van der Waals surface area contributed by atoms with Crippen molar-refractivity contribution in [1.82, 2.24) is 0 Å². The summed E-state index contributed by atoms with van der Waals surface area (Å²) in [6.45, 7) is 0. The molecule has 0 saturated carbocycles. The van der Waals surface area contributed by atoms with Gasteiger partial charge in [0, 0.05) is 11.1 Å². The summed E-state index contributed by atoms with van der Waals surface area (Å²) in [7, 11) is 0. The van der Waals surface area contributed by atoms with Crippen molar-refractivity contribution in [2.45, 2.75) is 0 Å². The normalized spacial score (nSPS) is 10.9. The van der Waals surface area contributed by atoms with Crippen molar-refractivity contribution in [3.8, 4) is 0 Å². The Bertz CT molecular complexity index is 1190. The molecule has 0 atom stereocenters. The third-order valence-electron chi connectivity index (χ3n) is 4.72. The molecule has 0 amide bonds. The molecule has 28 heavy (non-hydrogen) atoms. The summed E-state index contributed by atoms with van der Waals surface area (Å²) in [5.74, 6) is -3.12. The molecule has 5 nitrogen and oxygen atoms in total. The van der Waals surface area contributed by atoms with Gasteiger partial charge in [-0.15, -0.1) is 0 Å². The fourth-order valence-electron chi connectivity index (χ4n) is 3.36. The van der Waals surface area contributed by atoms with Gasteiger partial charge in [-0.3, -0.25) is 4.79 Å². The van der Waals surface area contributed by atoms with Gasteiger partial charge in [0.1, 0.15) is 0 Å². The zero-order valence-corrected chi connectivity index (χ0v) is 14.5. The quantitative estimate of drug-likeness (QED) is 0.512. The molecule has 0 bridgehead atoms. The minimum Gasteiger partial charge on any atom is -0.478 e. The molecule has 0 fully saturated rings. The lowest BCUT2D eigenvalue weighted by Gasteiger charge is -2.11. The van der Waals surface area contributed by atoms with Gasteiger partial charge in [0.15, 0.2) is 5.78 Å². The predicted molar refractivity (Wildman–Crippen MR) is 105 cm³/mol. The van der Waals surface area contributed by atoms with E-state index in [0.29, 0.717) is 21.5 Å². The maximum Gasteiger partial charge on any atom is 0.336 e. The molecule has 4 aromatic carbocycles. The third-order valence-corrected chi connectivity index (χ3v) is 4.72. The molecule has 0 aliphatic heterocycles. The molecule has 5 heteroatoms. The van der Waals surface area contributed by atoms with Crippen LogP contribution >= 0.6 is 0 Å². The lowest BCUT2D eigenvalue weighted by atomic mass is 9.91. The van der Waals surface area contributed by atoms with Gasteiger partial charge in [-0.2, -0.15) is 0 Å². The number of carboxylic acids is 2. The Hall–Kier alpha value is -3.99. The highest BCUT2D eigenvalue weighted by Crippen LogP contribution is 2.27. The van der Waals surface area contributed by atoms with Crippen LogP contribution in [-0.2, 0) is 0 Å². The monoisotopic (exact) mass is 370 g/mol. The van der Waals surface area contributed by atoms with Crippen LogP contribution in [0.1, 0.15) is 36.6 Å². The van der Waals surface area contributed by atoms with Crippen LogP contribution in [0, 0.1) is 0 Å². The highest BCUT2D eigenvalue weighted by Gasteiger charge is 2.24. The second-order valence-electron chi connectivity index (χ2n) is 6.43. The molecule has 0 unspecified atom stereocenters. The molecule has 0 aliphatic rings. The fourth-order valence-corrected chi connectivity index (χ4v) is 3.36. The first-order valence-electron chi connectivity index (χ1n) is 8.52. The van der Waals surface area contributed by atoms with Crippen LogP contribution in [0.3, 0.4) is 0 Å². The second kappa shape index (κ2) is 6.63. The van der Waals surface area contributed by atoms with Crippen molar-refractivity contribution < 1.29 is 24.6 Å². The van der Waals surface area contributed by atoms with Gasteiger partial charge in [0.2, 0.25) is 0 Å². The van der Waals surface area contributed by atoms with Crippen LogP contribution in [0.15, 0.2) is 72.8 Å². The van der Waals surface area contributed by atoms with Crippen LogP contribution in [0.25, 0.3) is 21.5 Å². The van der Waals surface area contributed by atoms with Gasteiger partial charge in [0.05, 0.1) is 11.1 Å². The van der Waals surface area contributed by atoms with Gasteiger partial charge < -0.3 is 10.2 Å². The Morgan fingerprint density at radius 3 is 1.07 bits per heavy atom. The van der Waals surface area contributed by atoms with Crippen molar-refractivity contribution in [1.29, 1.82) is 0 Å². The number of benzene rings is 4. The molecule has 0 heterocycles. The Morgan fingerprint density at radius 1 is 0.500 bits per heavy atom. The van der Waals surface area contributed by atoms with Crippen LogP contribution < -0.4 is 0 Å². The molecular weight excluding hydrogens is 356 g/mol. The number of fused-ring (bicyclic) bond motifs is 2. The molecule has 0 spiro atoms. The molecule has 0 radical (unpaired) electrons. The molecule has 4 aromatic rings. The van der Waals surface area contributed by atoms with Gasteiger partial charge in [-0.1, -0.05) is 48.5 Å². The fraction of sp³-hybridized carbons (Fsp3) is 0. The van der Waals surface area contributed by atoms with Gasteiger partial charge in [-0.25, -0.2) is 9.59 Å². The van der Waals surface area contributed by atoms with Crippen LogP contribution in [0.2, 0.25) is 0 Å². The molecule has 0 aliphatic carbocycles. The van der Waals surface area contributed by atoms with E-state index in [1.54, 1.807) is 48.5 Å². The number of rotatable bonds is 4. The predicted octanol–water partition coefficient (Wildman–Crippen LogP) is 4.62. The van der Waals surface area contributed by atoms with E-state index in [1.807, 2.05) is 0 Å². The van der Waals surface area contributed by atoms with Crippen molar-refractivity contribution in [2.24, 2.45) is 0 Å². The first-order chi connectivity index (χ1) is 13.5. The number of carbonyl (C=O) groups excluding carboxylic acids is 1. The molecule has 0 aromatic heterocycles. The van der Waals surface area contributed by atoms with E-state index in [-0.39, 0.29) is 22.3 Å². The van der Waals surface area contributed by atoms with Crippen molar-refractivity contribution >= 4 is 39.3 Å². The number of hydrogen-bond acceptors (Lipinski definition) is 3. The van der Waals surface area contributed by atoms with Gasteiger partial charge >= 0.3 is 11.9 Å². The lowest BCUT2D eigenvalue weighted by Crippen LogP contribution is -2.14. The number of hydrogen-bond donors (Lipinski definition) is 2. The number of ketones is 1. The van der Waals surface area contributed by atoms with Crippen LogP contribution in [0.4, 0.5) is 0 Å². The van der Waals surface area contributed by atoms with Crippen LogP contribution in [-0.4, -0.2) is 27.9 Å². The maximum absolute atomic E-state index is 13.3. The van der Waals surface area contributed by atoms with Crippen LogP contribution in [0.5, 0.6) is 0 Å². The number of aromatic carboxylic acids is 2. The largest absolute Gasteiger partial charge is 0.478 e. The smallest absolute Gasteiger partial charge is 0.336 e. The van der Waals surface area contributed by atoms with Crippen molar-refractivity contribution in [3.05, 3.63) is 95.1 Å². The molecule has 2 N–H and O–H groups in total. The standard InChI is InChI=1S/C23H14O5/c24-21(17-9-13-5-1-3-7-15(13)11-19(17)22(25)26)18-10-14-6-2-4-8-16(14)12-20(18)23(27)28/h1-12H,(H,25,26)(H,27,28). The number of carboxylic acid groups (broad SMARTS) is 2. The number of carbonyl (C=O) groups is 3. The molecular formula is C23H14O5. The zero-order valence-electron chi connectivity index (χ0n) is 14.5. The van der Waals surface area contributed by atoms with Gasteiger partial charge in [-0.05, 0) is 45.8 Å². The zero-order chi connectivity index (χ0) is 19.8. The summed E-state index contributed by atoms with van der Waals surface area (Å²) >= 11 is 0. The Balaban J connectivity index is 1.99. The van der Waals surface area contributed by atoms with E-state index in [2.05, 4.69) is 0 Å². The molecule has 4 rings (SSSR count). The Labute approximate surface area is 159 Å². The van der Waals surface area contributed by atoms with E-state index in [4.69, 9.17) is 0 Å². The lowest BCUT2D eigenvalue weighted by molar-refractivity contribution is 0.0686. The van der Waals surface area contributed by atoms with E-state index < -0.39 is 17.7 Å². The average molecular weight is 370 g/mol. The summed E-state index contributed by atoms with van der Waals surface area (Å²) in [6, 6.07) is 20.1. The topological polar surface area (TPSA) is 91.7 Å². The van der Waals surface area contributed by atoms with E-state index >= 15 is 0 Å². The minimum absolute atomic E-state index is 0.0380. The third kappa shape index (κ3) is 2.89.